The molecule has 0 radical (unpaired) electrons. The van der Waals surface area contributed by atoms with Crippen molar-refractivity contribution in [2.24, 2.45) is 11.3 Å². The number of nitrogens with one attached hydrogen (secondary N) is 1. The molecule has 0 aliphatic carbocycles. The quantitative estimate of drug-likeness (QED) is 0.671. The summed E-state index contributed by atoms with van der Waals surface area (Å²) >= 11 is 0. The van der Waals surface area contributed by atoms with Crippen molar-refractivity contribution in [3.8, 4) is 0 Å². The Hall–Kier alpha value is -1.32. The van der Waals surface area contributed by atoms with Crippen LogP contribution in [-0.4, -0.2) is 23.0 Å². The molecule has 0 aliphatic heterocycles. The van der Waals surface area contributed by atoms with Crippen LogP contribution >= 0.6 is 0 Å². The zero-order valence-electron chi connectivity index (χ0n) is 11.1. The molecule has 0 saturated heterocycles. The third-order valence-corrected chi connectivity index (χ3v) is 3.22. The lowest BCUT2D eigenvalue weighted by molar-refractivity contribution is -0.153. The van der Waals surface area contributed by atoms with Crippen LogP contribution in [0.25, 0.3) is 0 Å². The Labute approximate surface area is 103 Å². The number of carboxylic acids is 1. The fourth-order valence-corrected chi connectivity index (χ4v) is 1.50. The van der Waals surface area contributed by atoms with Crippen molar-refractivity contribution in [1.29, 1.82) is 0 Å². The van der Waals surface area contributed by atoms with E-state index < -0.39 is 11.4 Å². The SMILES string of the molecule is C=CCC(C)NC(=O)CC(C)(C(=O)O)C(C)C. The molecular formula is C13H23NO3. The average molecular weight is 241 g/mol. The van der Waals surface area contributed by atoms with Gasteiger partial charge in [-0.1, -0.05) is 19.9 Å². The van der Waals surface area contributed by atoms with E-state index in [0.29, 0.717) is 6.42 Å². The van der Waals surface area contributed by atoms with Crippen LogP contribution in [0.2, 0.25) is 0 Å². The summed E-state index contributed by atoms with van der Waals surface area (Å²) in [7, 11) is 0. The molecule has 0 aromatic carbocycles. The molecule has 0 aromatic heterocycles. The molecule has 0 heterocycles. The molecule has 98 valence electrons. The lowest BCUT2D eigenvalue weighted by Crippen LogP contribution is -2.41. The maximum Gasteiger partial charge on any atom is 0.310 e. The van der Waals surface area contributed by atoms with Gasteiger partial charge in [0, 0.05) is 12.5 Å². The third kappa shape index (κ3) is 4.59. The summed E-state index contributed by atoms with van der Waals surface area (Å²) in [5, 5.41) is 12.0. The summed E-state index contributed by atoms with van der Waals surface area (Å²) in [5.41, 5.74) is -1.02. The first-order valence-electron chi connectivity index (χ1n) is 5.87. The number of hydrogen-bond donors (Lipinski definition) is 2. The predicted molar refractivity (Wildman–Crippen MR) is 67.6 cm³/mol. The Bertz CT molecular complexity index is 299. The lowest BCUT2D eigenvalue weighted by atomic mass is 9.76. The number of aliphatic carboxylic acids is 1. The maximum absolute atomic E-state index is 11.7. The van der Waals surface area contributed by atoms with Crippen LogP contribution in [0.15, 0.2) is 12.7 Å². The van der Waals surface area contributed by atoms with Gasteiger partial charge in [-0.15, -0.1) is 6.58 Å². The highest BCUT2D eigenvalue weighted by atomic mass is 16.4. The van der Waals surface area contributed by atoms with Gasteiger partial charge in [-0.3, -0.25) is 9.59 Å². The van der Waals surface area contributed by atoms with Crippen LogP contribution in [0.4, 0.5) is 0 Å². The van der Waals surface area contributed by atoms with Gasteiger partial charge in [-0.2, -0.15) is 0 Å². The Morgan fingerprint density at radius 1 is 1.41 bits per heavy atom. The summed E-state index contributed by atoms with van der Waals surface area (Å²) in [6.07, 6.45) is 2.41. The number of amides is 1. The topological polar surface area (TPSA) is 66.4 Å². The van der Waals surface area contributed by atoms with Crippen LogP contribution in [-0.2, 0) is 9.59 Å². The van der Waals surface area contributed by atoms with Crippen LogP contribution < -0.4 is 5.32 Å². The second kappa shape index (κ2) is 6.42. The molecular weight excluding hydrogens is 218 g/mol. The molecule has 4 nitrogen and oxygen atoms in total. The first-order valence-corrected chi connectivity index (χ1v) is 5.87. The van der Waals surface area contributed by atoms with E-state index in [1.807, 2.05) is 20.8 Å². The van der Waals surface area contributed by atoms with Gasteiger partial charge in [-0.25, -0.2) is 0 Å². The van der Waals surface area contributed by atoms with Gasteiger partial charge in [0.15, 0.2) is 0 Å². The molecule has 0 fully saturated rings. The van der Waals surface area contributed by atoms with Crippen molar-refractivity contribution < 1.29 is 14.7 Å². The van der Waals surface area contributed by atoms with Gasteiger partial charge in [0.25, 0.3) is 0 Å². The second-order valence-corrected chi connectivity index (χ2v) is 5.05. The summed E-state index contributed by atoms with van der Waals surface area (Å²) in [6.45, 7) is 10.7. The zero-order valence-corrected chi connectivity index (χ0v) is 11.1. The Balaban J connectivity index is 4.53. The molecule has 1 amide bonds. The highest BCUT2D eigenvalue weighted by Gasteiger charge is 2.38. The van der Waals surface area contributed by atoms with Crippen molar-refractivity contribution in [3.05, 3.63) is 12.7 Å². The molecule has 0 aliphatic rings. The monoisotopic (exact) mass is 241 g/mol. The first kappa shape index (κ1) is 15.7. The zero-order chi connectivity index (χ0) is 13.6. The highest BCUT2D eigenvalue weighted by Crippen LogP contribution is 2.31. The van der Waals surface area contributed by atoms with Crippen molar-refractivity contribution in [2.75, 3.05) is 0 Å². The molecule has 2 unspecified atom stereocenters. The Morgan fingerprint density at radius 2 is 1.94 bits per heavy atom. The second-order valence-electron chi connectivity index (χ2n) is 5.05. The number of carbonyl (C=O) groups excluding carboxylic acids is 1. The molecule has 0 bridgehead atoms. The predicted octanol–water partition coefficient (Wildman–Crippen LogP) is 2.20. The van der Waals surface area contributed by atoms with Crippen molar-refractivity contribution in [1.82, 2.24) is 5.32 Å². The van der Waals surface area contributed by atoms with Crippen LogP contribution in [0.1, 0.15) is 40.5 Å². The molecule has 2 N–H and O–H groups in total. The van der Waals surface area contributed by atoms with Gasteiger partial charge in [-0.05, 0) is 26.2 Å². The molecule has 17 heavy (non-hydrogen) atoms. The summed E-state index contributed by atoms with van der Waals surface area (Å²) in [4.78, 5) is 23.0. The van der Waals surface area contributed by atoms with Gasteiger partial charge < -0.3 is 10.4 Å². The molecule has 0 spiro atoms. The van der Waals surface area contributed by atoms with Crippen molar-refractivity contribution in [3.63, 3.8) is 0 Å². The molecule has 0 saturated carbocycles. The van der Waals surface area contributed by atoms with E-state index in [0.717, 1.165) is 0 Å². The third-order valence-electron chi connectivity index (χ3n) is 3.22. The van der Waals surface area contributed by atoms with Gasteiger partial charge in [0.05, 0.1) is 5.41 Å². The van der Waals surface area contributed by atoms with Crippen LogP contribution in [0, 0.1) is 11.3 Å². The fourth-order valence-electron chi connectivity index (χ4n) is 1.50. The summed E-state index contributed by atoms with van der Waals surface area (Å²) in [6, 6.07) is -0.00907. The van der Waals surface area contributed by atoms with Crippen LogP contribution in [0.3, 0.4) is 0 Å². The van der Waals surface area contributed by atoms with Gasteiger partial charge in [0.2, 0.25) is 5.91 Å². The molecule has 4 heteroatoms. The largest absolute Gasteiger partial charge is 0.481 e. The van der Waals surface area contributed by atoms with Gasteiger partial charge >= 0.3 is 5.97 Å². The first-order chi connectivity index (χ1) is 7.74. The average Bonchev–Trinajstić information content (AvgIpc) is 2.16. The minimum Gasteiger partial charge on any atom is -0.481 e. The van der Waals surface area contributed by atoms with Gasteiger partial charge in [0.1, 0.15) is 0 Å². The number of carboxylic acid groups (broad SMARTS) is 1. The number of carbonyl (C=O) groups is 2. The van der Waals surface area contributed by atoms with Crippen LogP contribution in [0.5, 0.6) is 0 Å². The van der Waals surface area contributed by atoms with E-state index >= 15 is 0 Å². The van der Waals surface area contributed by atoms with Crippen molar-refractivity contribution in [2.45, 2.75) is 46.6 Å². The van der Waals surface area contributed by atoms with E-state index in [9.17, 15) is 14.7 Å². The molecule has 0 rings (SSSR count). The van der Waals surface area contributed by atoms with E-state index in [1.54, 1.807) is 13.0 Å². The smallest absolute Gasteiger partial charge is 0.310 e. The summed E-state index contributed by atoms with van der Waals surface area (Å²) < 4.78 is 0. The number of hydrogen-bond acceptors (Lipinski definition) is 2. The highest BCUT2D eigenvalue weighted by molar-refractivity contribution is 5.85. The van der Waals surface area contributed by atoms with E-state index in [1.165, 1.54) is 0 Å². The Kier molecular flexibility index (Phi) is 5.93. The van der Waals surface area contributed by atoms with E-state index in [-0.39, 0.29) is 24.3 Å². The normalized spacial score (nSPS) is 16.1. The van der Waals surface area contributed by atoms with Crippen molar-refractivity contribution >= 4 is 11.9 Å². The van der Waals surface area contributed by atoms with E-state index in [2.05, 4.69) is 11.9 Å². The molecule has 0 aromatic rings. The molecule has 2 atom stereocenters. The minimum atomic E-state index is -1.02. The minimum absolute atomic E-state index is 0.00147. The summed E-state index contributed by atoms with van der Waals surface area (Å²) in [5.74, 6) is -1.25. The lowest BCUT2D eigenvalue weighted by Gasteiger charge is -2.28. The Morgan fingerprint density at radius 3 is 2.29 bits per heavy atom. The fraction of sp³-hybridized carbons (Fsp3) is 0.692. The number of rotatable bonds is 7. The standard InChI is InChI=1S/C13H23NO3/c1-6-7-10(4)14-11(15)8-13(5,9(2)3)12(16)17/h6,9-10H,1,7-8H2,2-5H3,(H,14,15)(H,16,17). The maximum atomic E-state index is 11.7. The van der Waals surface area contributed by atoms with E-state index in [4.69, 9.17) is 0 Å².